The standard InChI is InChI=1S/C20H27FN2O3/c1-26-12-2-10-23-18-9-11-22(14-16(18)5-8-19(23)24)20(25)13-15-3-6-17(21)7-4-15/h3-4,6-7,16,18H,2,5,8-14H2,1H3/t16-,18+/m1/s1. The van der Waals surface area contributed by atoms with Crippen molar-refractivity contribution < 1.29 is 18.7 Å². The van der Waals surface area contributed by atoms with Gasteiger partial charge in [0.25, 0.3) is 0 Å². The molecule has 2 fully saturated rings. The molecular formula is C20H27FN2O3. The summed E-state index contributed by atoms with van der Waals surface area (Å²) in [5.41, 5.74) is 0.832. The number of benzene rings is 1. The molecule has 2 heterocycles. The van der Waals surface area contributed by atoms with Crippen LogP contribution < -0.4 is 0 Å². The molecule has 0 radical (unpaired) electrons. The molecule has 0 N–H and O–H groups in total. The van der Waals surface area contributed by atoms with E-state index in [-0.39, 0.29) is 23.7 Å². The largest absolute Gasteiger partial charge is 0.385 e. The van der Waals surface area contributed by atoms with Gasteiger partial charge >= 0.3 is 0 Å². The molecule has 2 saturated heterocycles. The number of likely N-dealkylation sites (tertiary alicyclic amines) is 2. The summed E-state index contributed by atoms with van der Waals surface area (Å²) < 4.78 is 18.1. The van der Waals surface area contributed by atoms with E-state index in [1.54, 1.807) is 19.2 Å². The molecule has 2 aliphatic heterocycles. The van der Waals surface area contributed by atoms with Crippen LogP contribution in [0, 0.1) is 11.7 Å². The number of hydrogen-bond acceptors (Lipinski definition) is 3. The Hall–Kier alpha value is -1.95. The van der Waals surface area contributed by atoms with Crippen molar-refractivity contribution in [2.24, 2.45) is 5.92 Å². The highest BCUT2D eigenvalue weighted by Gasteiger charge is 2.39. The molecule has 2 atom stereocenters. The number of methoxy groups -OCH3 is 1. The Morgan fingerprint density at radius 2 is 2.04 bits per heavy atom. The van der Waals surface area contributed by atoms with Crippen LogP contribution in [0.1, 0.15) is 31.2 Å². The van der Waals surface area contributed by atoms with E-state index in [2.05, 4.69) is 0 Å². The molecule has 2 aliphatic rings. The van der Waals surface area contributed by atoms with E-state index in [0.717, 1.165) is 31.4 Å². The van der Waals surface area contributed by atoms with E-state index in [1.807, 2.05) is 9.80 Å². The third-order valence-corrected chi connectivity index (χ3v) is 5.51. The zero-order valence-corrected chi connectivity index (χ0v) is 15.3. The monoisotopic (exact) mass is 362 g/mol. The first-order chi connectivity index (χ1) is 12.6. The van der Waals surface area contributed by atoms with Crippen molar-refractivity contribution in [1.29, 1.82) is 0 Å². The molecule has 0 spiro atoms. The summed E-state index contributed by atoms with van der Waals surface area (Å²) in [4.78, 5) is 28.8. The molecule has 0 aromatic heterocycles. The van der Waals surface area contributed by atoms with Gasteiger partial charge in [-0.1, -0.05) is 12.1 Å². The van der Waals surface area contributed by atoms with Crippen LogP contribution in [-0.4, -0.2) is 61.0 Å². The summed E-state index contributed by atoms with van der Waals surface area (Å²) in [5, 5.41) is 0. The summed E-state index contributed by atoms with van der Waals surface area (Å²) >= 11 is 0. The van der Waals surface area contributed by atoms with Crippen molar-refractivity contribution in [2.45, 2.75) is 38.1 Å². The molecule has 142 valence electrons. The summed E-state index contributed by atoms with van der Waals surface area (Å²) in [6.07, 6.45) is 3.39. The first kappa shape index (κ1) is 18.8. The highest BCUT2D eigenvalue weighted by atomic mass is 19.1. The van der Waals surface area contributed by atoms with Crippen molar-refractivity contribution in [2.75, 3.05) is 33.4 Å². The summed E-state index contributed by atoms with van der Waals surface area (Å²) in [6.45, 7) is 2.77. The number of rotatable bonds is 6. The number of halogens is 1. The van der Waals surface area contributed by atoms with Gasteiger partial charge in [-0.05, 0) is 42.9 Å². The lowest BCUT2D eigenvalue weighted by atomic mass is 9.83. The maximum atomic E-state index is 13.0. The fourth-order valence-electron chi connectivity index (χ4n) is 4.14. The van der Waals surface area contributed by atoms with Gasteiger partial charge in [-0.25, -0.2) is 4.39 Å². The van der Waals surface area contributed by atoms with Gasteiger partial charge in [-0.3, -0.25) is 9.59 Å². The maximum absolute atomic E-state index is 13.0. The Morgan fingerprint density at radius 1 is 1.27 bits per heavy atom. The minimum absolute atomic E-state index is 0.0814. The topological polar surface area (TPSA) is 49.9 Å². The van der Waals surface area contributed by atoms with E-state index >= 15 is 0 Å². The van der Waals surface area contributed by atoms with Gasteiger partial charge in [0, 0.05) is 45.8 Å². The molecule has 3 rings (SSSR count). The number of ether oxygens (including phenoxy) is 1. The highest BCUT2D eigenvalue weighted by Crippen LogP contribution is 2.31. The molecule has 1 aromatic rings. The van der Waals surface area contributed by atoms with Gasteiger partial charge in [0.2, 0.25) is 11.8 Å². The lowest BCUT2D eigenvalue weighted by Gasteiger charge is -2.47. The predicted octanol–water partition coefficient (Wildman–Crippen LogP) is 2.24. The molecule has 0 saturated carbocycles. The molecule has 5 nitrogen and oxygen atoms in total. The van der Waals surface area contributed by atoms with Crippen LogP contribution in [0.5, 0.6) is 0 Å². The van der Waals surface area contributed by atoms with E-state index in [4.69, 9.17) is 4.74 Å². The fourth-order valence-corrected chi connectivity index (χ4v) is 4.14. The van der Waals surface area contributed by atoms with E-state index in [9.17, 15) is 14.0 Å². The summed E-state index contributed by atoms with van der Waals surface area (Å²) in [6, 6.07) is 6.34. The summed E-state index contributed by atoms with van der Waals surface area (Å²) in [5.74, 6) is 0.370. The van der Waals surface area contributed by atoms with Gasteiger partial charge in [0.1, 0.15) is 5.82 Å². The number of carbonyl (C=O) groups excluding carboxylic acids is 2. The second-order valence-electron chi connectivity index (χ2n) is 7.23. The quantitative estimate of drug-likeness (QED) is 0.730. The Bertz CT molecular complexity index is 634. The molecule has 0 aliphatic carbocycles. The third-order valence-electron chi connectivity index (χ3n) is 5.51. The Balaban J connectivity index is 1.57. The van der Waals surface area contributed by atoms with Crippen LogP contribution in [0.15, 0.2) is 24.3 Å². The van der Waals surface area contributed by atoms with Crippen LogP contribution in [-0.2, 0) is 20.7 Å². The SMILES string of the molecule is COCCCN1C(=O)CC[C@@H]2CN(C(=O)Cc3ccc(F)cc3)CC[C@@H]21. The average molecular weight is 362 g/mol. The lowest BCUT2D eigenvalue weighted by Crippen LogP contribution is -2.57. The summed E-state index contributed by atoms with van der Waals surface area (Å²) in [7, 11) is 1.67. The van der Waals surface area contributed by atoms with E-state index in [0.29, 0.717) is 38.5 Å². The number of fused-ring (bicyclic) bond motifs is 1. The first-order valence-corrected chi connectivity index (χ1v) is 9.39. The highest BCUT2D eigenvalue weighted by molar-refractivity contribution is 5.80. The normalized spacial score (nSPS) is 23.1. The second-order valence-corrected chi connectivity index (χ2v) is 7.23. The number of piperidine rings is 2. The third kappa shape index (κ3) is 4.41. The van der Waals surface area contributed by atoms with Gasteiger partial charge < -0.3 is 14.5 Å². The molecule has 2 amide bonds. The molecule has 26 heavy (non-hydrogen) atoms. The number of carbonyl (C=O) groups is 2. The molecular weight excluding hydrogens is 335 g/mol. The average Bonchev–Trinajstić information content (AvgIpc) is 2.65. The van der Waals surface area contributed by atoms with Crippen molar-refractivity contribution in [3.8, 4) is 0 Å². The zero-order valence-electron chi connectivity index (χ0n) is 15.3. The smallest absolute Gasteiger partial charge is 0.227 e. The van der Waals surface area contributed by atoms with Crippen molar-refractivity contribution in [3.63, 3.8) is 0 Å². The van der Waals surface area contributed by atoms with Crippen LogP contribution in [0.4, 0.5) is 4.39 Å². The van der Waals surface area contributed by atoms with Gasteiger partial charge in [0.15, 0.2) is 0 Å². The van der Waals surface area contributed by atoms with Gasteiger partial charge in [-0.15, -0.1) is 0 Å². The number of amides is 2. The minimum Gasteiger partial charge on any atom is -0.385 e. The van der Waals surface area contributed by atoms with E-state index < -0.39 is 0 Å². The lowest BCUT2D eigenvalue weighted by molar-refractivity contribution is -0.144. The molecule has 6 heteroatoms. The van der Waals surface area contributed by atoms with Gasteiger partial charge in [-0.2, -0.15) is 0 Å². The number of nitrogens with zero attached hydrogens (tertiary/aromatic N) is 2. The molecule has 0 unspecified atom stereocenters. The van der Waals surface area contributed by atoms with Crippen LogP contribution in [0.2, 0.25) is 0 Å². The number of hydrogen-bond donors (Lipinski definition) is 0. The van der Waals surface area contributed by atoms with Gasteiger partial charge in [0.05, 0.1) is 6.42 Å². The van der Waals surface area contributed by atoms with Crippen molar-refractivity contribution in [3.05, 3.63) is 35.6 Å². The predicted molar refractivity (Wildman–Crippen MR) is 96.0 cm³/mol. The van der Waals surface area contributed by atoms with Crippen LogP contribution in [0.3, 0.4) is 0 Å². The molecule has 0 bridgehead atoms. The van der Waals surface area contributed by atoms with Crippen LogP contribution in [0.25, 0.3) is 0 Å². The Morgan fingerprint density at radius 3 is 2.77 bits per heavy atom. The Kier molecular flexibility index (Phi) is 6.25. The van der Waals surface area contributed by atoms with E-state index in [1.165, 1.54) is 12.1 Å². The van der Waals surface area contributed by atoms with Crippen molar-refractivity contribution >= 4 is 11.8 Å². The first-order valence-electron chi connectivity index (χ1n) is 9.39. The minimum atomic E-state index is -0.289. The molecule has 1 aromatic carbocycles. The fraction of sp³-hybridized carbons (Fsp3) is 0.600. The van der Waals surface area contributed by atoms with Crippen LogP contribution >= 0.6 is 0 Å². The maximum Gasteiger partial charge on any atom is 0.227 e. The zero-order chi connectivity index (χ0) is 18.5. The Labute approximate surface area is 154 Å². The second kappa shape index (κ2) is 8.62. The van der Waals surface area contributed by atoms with Crippen molar-refractivity contribution in [1.82, 2.24) is 9.80 Å².